The first-order valence-corrected chi connectivity index (χ1v) is 7.65. The molecule has 2 aromatic carbocycles. The molecule has 0 bridgehead atoms. The van der Waals surface area contributed by atoms with Gasteiger partial charge in [0.25, 0.3) is 0 Å². The lowest BCUT2D eigenvalue weighted by molar-refractivity contribution is 0.112. The maximum atomic E-state index is 10.7. The zero-order valence-corrected chi connectivity index (χ0v) is 13.1. The molecule has 0 spiro atoms. The van der Waals surface area contributed by atoms with Gasteiger partial charge in [-0.1, -0.05) is 24.3 Å². The third-order valence-electron chi connectivity index (χ3n) is 3.15. The number of carbonyl (C=O) groups is 1. The summed E-state index contributed by atoms with van der Waals surface area (Å²) in [5.74, 6) is 0.856. The summed E-state index contributed by atoms with van der Waals surface area (Å²) in [6, 6.07) is 13.7. The van der Waals surface area contributed by atoms with Gasteiger partial charge in [0.05, 0.1) is 7.11 Å². The van der Waals surface area contributed by atoms with Gasteiger partial charge in [-0.15, -0.1) is 11.3 Å². The number of ether oxygens (including phenoxy) is 1. The van der Waals surface area contributed by atoms with E-state index < -0.39 is 0 Å². The van der Waals surface area contributed by atoms with E-state index in [2.05, 4.69) is 22.0 Å². The lowest BCUT2D eigenvalue weighted by Gasteiger charge is -1.99. The monoisotopic (exact) mass is 346 g/mol. The number of thiophene rings is 1. The summed E-state index contributed by atoms with van der Waals surface area (Å²) < 4.78 is 7.51. The summed E-state index contributed by atoms with van der Waals surface area (Å²) in [5.41, 5.74) is 1.79. The number of rotatable bonds is 3. The van der Waals surface area contributed by atoms with E-state index >= 15 is 0 Å². The van der Waals surface area contributed by atoms with Crippen LogP contribution in [-0.2, 0) is 0 Å². The minimum Gasteiger partial charge on any atom is -0.497 e. The Balaban J connectivity index is 2.15. The molecule has 20 heavy (non-hydrogen) atoms. The predicted molar refractivity (Wildman–Crippen MR) is 86.9 cm³/mol. The molecule has 3 aromatic rings. The zero-order chi connectivity index (χ0) is 14.1. The molecule has 2 nitrogen and oxygen atoms in total. The third-order valence-corrected chi connectivity index (χ3v) is 5.43. The van der Waals surface area contributed by atoms with Crippen molar-refractivity contribution in [3.05, 3.63) is 52.5 Å². The largest absolute Gasteiger partial charge is 0.497 e. The number of methoxy groups -OCH3 is 1. The van der Waals surface area contributed by atoms with Crippen LogP contribution in [0.2, 0.25) is 0 Å². The van der Waals surface area contributed by atoms with Crippen LogP contribution in [0.15, 0.2) is 46.9 Å². The average Bonchev–Trinajstić information content (AvgIpc) is 2.84. The first-order chi connectivity index (χ1) is 9.72. The quantitative estimate of drug-likeness (QED) is 0.613. The van der Waals surface area contributed by atoms with Gasteiger partial charge in [0, 0.05) is 25.0 Å². The van der Waals surface area contributed by atoms with Gasteiger partial charge in [-0.05, 0) is 39.7 Å². The minimum atomic E-state index is 0.688. The van der Waals surface area contributed by atoms with Gasteiger partial charge >= 0.3 is 0 Å². The van der Waals surface area contributed by atoms with Crippen molar-refractivity contribution in [2.75, 3.05) is 7.11 Å². The van der Waals surface area contributed by atoms with Gasteiger partial charge in [-0.25, -0.2) is 0 Å². The Kier molecular flexibility index (Phi) is 3.59. The van der Waals surface area contributed by atoms with E-state index in [-0.39, 0.29) is 0 Å². The van der Waals surface area contributed by atoms with Gasteiger partial charge in [-0.2, -0.15) is 0 Å². The van der Waals surface area contributed by atoms with Crippen molar-refractivity contribution < 1.29 is 9.53 Å². The van der Waals surface area contributed by atoms with Crippen LogP contribution >= 0.6 is 27.3 Å². The second-order valence-electron chi connectivity index (χ2n) is 4.35. The van der Waals surface area contributed by atoms with Crippen molar-refractivity contribution in [1.82, 2.24) is 0 Å². The molecule has 0 radical (unpaired) electrons. The maximum absolute atomic E-state index is 10.7. The Bertz CT molecular complexity index is 775. The molecule has 0 N–H and O–H groups in total. The van der Waals surface area contributed by atoms with Crippen LogP contribution in [0.1, 0.15) is 10.4 Å². The number of hydrogen-bond acceptors (Lipinski definition) is 3. The van der Waals surface area contributed by atoms with Crippen LogP contribution in [0.4, 0.5) is 0 Å². The van der Waals surface area contributed by atoms with E-state index in [4.69, 9.17) is 4.74 Å². The molecule has 0 aliphatic heterocycles. The topological polar surface area (TPSA) is 26.3 Å². The summed E-state index contributed by atoms with van der Waals surface area (Å²) in [5, 5.41) is 1.17. The molecule has 0 aliphatic carbocycles. The molecular weight excluding hydrogens is 336 g/mol. The Morgan fingerprint density at radius 1 is 1.15 bits per heavy atom. The van der Waals surface area contributed by atoms with E-state index in [0.29, 0.717) is 5.56 Å². The SMILES string of the molecule is COc1ccc2c(Br)c(-c3ccc(C=O)cc3)sc2c1. The van der Waals surface area contributed by atoms with Gasteiger partial charge in [0.15, 0.2) is 0 Å². The van der Waals surface area contributed by atoms with Gasteiger partial charge in [0.1, 0.15) is 12.0 Å². The summed E-state index contributed by atoms with van der Waals surface area (Å²) in [7, 11) is 1.67. The minimum absolute atomic E-state index is 0.688. The number of halogens is 1. The Morgan fingerprint density at radius 2 is 1.90 bits per heavy atom. The molecule has 0 unspecified atom stereocenters. The fraction of sp³-hybridized carbons (Fsp3) is 0.0625. The van der Waals surface area contributed by atoms with Gasteiger partial charge in [-0.3, -0.25) is 4.79 Å². The van der Waals surface area contributed by atoms with E-state index in [9.17, 15) is 4.79 Å². The first kappa shape index (κ1) is 13.3. The number of carbonyl (C=O) groups excluding carboxylic acids is 1. The molecule has 0 atom stereocenters. The standard InChI is InChI=1S/C16H11BrO2S/c1-19-12-6-7-13-14(8-12)20-16(15(13)17)11-4-2-10(9-18)3-5-11/h2-9H,1H3. The number of fused-ring (bicyclic) bond motifs is 1. The van der Waals surface area contributed by atoms with Crippen molar-refractivity contribution in [2.45, 2.75) is 0 Å². The average molecular weight is 347 g/mol. The summed E-state index contributed by atoms with van der Waals surface area (Å²) >= 11 is 5.38. The molecular formula is C16H11BrO2S. The molecule has 0 saturated heterocycles. The molecule has 3 rings (SSSR count). The fourth-order valence-corrected chi connectivity index (χ4v) is 4.15. The number of aldehydes is 1. The van der Waals surface area contributed by atoms with E-state index in [1.807, 2.05) is 36.4 Å². The molecule has 0 amide bonds. The van der Waals surface area contributed by atoms with Crippen LogP contribution in [0.25, 0.3) is 20.5 Å². The highest BCUT2D eigenvalue weighted by Crippen LogP contribution is 2.43. The molecule has 4 heteroatoms. The lowest BCUT2D eigenvalue weighted by Crippen LogP contribution is -1.80. The Hall–Kier alpha value is -1.65. The Labute approximate surface area is 129 Å². The predicted octanol–water partition coefficient (Wildman–Crippen LogP) is 5.15. The summed E-state index contributed by atoms with van der Waals surface area (Å²) in [6.07, 6.45) is 0.856. The highest BCUT2D eigenvalue weighted by atomic mass is 79.9. The van der Waals surface area contributed by atoms with Crippen LogP contribution in [0, 0.1) is 0 Å². The van der Waals surface area contributed by atoms with Gasteiger partial charge in [0.2, 0.25) is 0 Å². The molecule has 0 fully saturated rings. The first-order valence-electron chi connectivity index (χ1n) is 6.04. The fourth-order valence-electron chi connectivity index (χ4n) is 2.07. The zero-order valence-electron chi connectivity index (χ0n) is 10.7. The summed E-state index contributed by atoms with van der Waals surface area (Å²) in [6.45, 7) is 0. The van der Waals surface area contributed by atoms with E-state index in [1.165, 1.54) is 10.1 Å². The molecule has 0 aliphatic rings. The van der Waals surface area contributed by atoms with Gasteiger partial charge < -0.3 is 4.74 Å². The van der Waals surface area contributed by atoms with Crippen molar-refractivity contribution in [2.24, 2.45) is 0 Å². The smallest absolute Gasteiger partial charge is 0.150 e. The molecule has 0 saturated carbocycles. The van der Waals surface area contributed by atoms with E-state index in [0.717, 1.165) is 26.9 Å². The highest BCUT2D eigenvalue weighted by molar-refractivity contribution is 9.10. The second kappa shape index (κ2) is 5.38. The number of hydrogen-bond donors (Lipinski definition) is 0. The normalized spacial score (nSPS) is 10.7. The molecule has 100 valence electrons. The van der Waals surface area contributed by atoms with Crippen LogP contribution in [-0.4, -0.2) is 13.4 Å². The molecule has 1 heterocycles. The lowest BCUT2D eigenvalue weighted by atomic mass is 10.1. The highest BCUT2D eigenvalue weighted by Gasteiger charge is 2.12. The third kappa shape index (κ3) is 2.25. The van der Waals surface area contributed by atoms with Crippen molar-refractivity contribution in [3.8, 4) is 16.2 Å². The van der Waals surface area contributed by atoms with Crippen molar-refractivity contribution in [1.29, 1.82) is 0 Å². The van der Waals surface area contributed by atoms with Crippen molar-refractivity contribution in [3.63, 3.8) is 0 Å². The second-order valence-corrected chi connectivity index (χ2v) is 6.19. The van der Waals surface area contributed by atoms with Crippen LogP contribution in [0.3, 0.4) is 0 Å². The van der Waals surface area contributed by atoms with Crippen LogP contribution in [0.5, 0.6) is 5.75 Å². The summed E-state index contributed by atoms with van der Waals surface area (Å²) in [4.78, 5) is 11.9. The van der Waals surface area contributed by atoms with E-state index in [1.54, 1.807) is 18.4 Å². The van der Waals surface area contributed by atoms with Crippen LogP contribution < -0.4 is 4.74 Å². The number of benzene rings is 2. The van der Waals surface area contributed by atoms with Crippen molar-refractivity contribution >= 4 is 43.6 Å². The maximum Gasteiger partial charge on any atom is 0.150 e. The Morgan fingerprint density at radius 3 is 2.55 bits per heavy atom. The molecule has 1 aromatic heterocycles.